The number of hydrogen-bond acceptors (Lipinski definition) is 3. The summed E-state index contributed by atoms with van der Waals surface area (Å²) in [6.45, 7) is 0.175. The van der Waals surface area contributed by atoms with E-state index in [9.17, 15) is 31.1 Å². The van der Waals surface area contributed by atoms with Crippen molar-refractivity contribution in [2.45, 2.75) is 50.2 Å². The Kier molecular flexibility index (Phi) is 5.31. The normalized spacial score (nSPS) is 20.4. The van der Waals surface area contributed by atoms with Crippen LogP contribution in [0.3, 0.4) is 0 Å². The minimum absolute atomic E-state index is 0.0964. The summed E-state index contributed by atoms with van der Waals surface area (Å²) in [5.41, 5.74) is -4.21. The molecule has 4 nitrogen and oxygen atoms in total. The number of pyridine rings is 1. The maximum absolute atomic E-state index is 13.7. The summed E-state index contributed by atoms with van der Waals surface area (Å²) in [5.74, 6) is -1.41. The van der Waals surface area contributed by atoms with Gasteiger partial charge in [-0.25, -0.2) is 0 Å². The second-order valence-corrected chi connectivity index (χ2v) is 5.88. The largest absolute Gasteiger partial charge is 0.434 e. The molecular formula is C15H17F6N3O. The molecule has 1 N–H and O–H groups in total. The lowest BCUT2D eigenvalue weighted by atomic mass is 9.91. The van der Waals surface area contributed by atoms with E-state index in [2.05, 4.69) is 4.98 Å². The van der Waals surface area contributed by atoms with Crippen LogP contribution in [-0.4, -0.2) is 40.4 Å². The standard InChI is InChI=1S/C15H17F6N3O/c1-10(25)23-13(14(16,17)18,15(19,20)21)24-8-3-2-6-12(24)11-5-4-7-22-9-11/h4-5,7,9,12H,2-3,6,8H2,1H3,(H,23,25)/t12-/m0/s1. The Balaban J connectivity index is 2.62. The van der Waals surface area contributed by atoms with Crippen LogP contribution < -0.4 is 5.32 Å². The molecule has 10 heteroatoms. The van der Waals surface area contributed by atoms with E-state index >= 15 is 0 Å². The summed E-state index contributed by atoms with van der Waals surface area (Å²) < 4.78 is 82.3. The predicted octanol–water partition coefficient (Wildman–Crippen LogP) is 3.57. The minimum Gasteiger partial charge on any atom is -0.323 e. The van der Waals surface area contributed by atoms with Gasteiger partial charge in [0.15, 0.2) is 0 Å². The smallest absolute Gasteiger partial charge is 0.323 e. The Morgan fingerprint density at radius 2 is 1.84 bits per heavy atom. The van der Waals surface area contributed by atoms with E-state index in [1.54, 1.807) is 0 Å². The van der Waals surface area contributed by atoms with E-state index in [1.165, 1.54) is 24.5 Å². The van der Waals surface area contributed by atoms with Gasteiger partial charge in [0.05, 0.1) is 0 Å². The van der Waals surface area contributed by atoms with Crippen molar-refractivity contribution >= 4 is 5.91 Å². The van der Waals surface area contributed by atoms with E-state index in [-0.39, 0.29) is 18.4 Å². The van der Waals surface area contributed by atoms with Crippen LogP contribution in [-0.2, 0) is 4.79 Å². The molecule has 1 fully saturated rings. The molecule has 0 bridgehead atoms. The van der Waals surface area contributed by atoms with Gasteiger partial charge in [0.25, 0.3) is 5.66 Å². The molecule has 25 heavy (non-hydrogen) atoms. The fourth-order valence-electron chi connectivity index (χ4n) is 3.21. The van der Waals surface area contributed by atoms with Crippen molar-refractivity contribution in [3.05, 3.63) is 30.1 Å². The quantitative estimate of drug-likeness (QED) is 0.829. The summed E-state index contributed by atoms with van der Waals surface area (Å²) >= 11 is 0. The molecule has 1 saturated heterocycles. The number of halogens is 6. The second kappa shape index (κ2) is 6.81. The zero-order chi connectivity index (χ0) is 18.9. The third-order valence-electron chi connectivity index (χ3n) is 4.18. The molecule has 1 atom stereocenters. The van der Waals surface area contributed by atoms with Gasteiger partial charge >= 0.3 is 12.4 Å². The number of rotatable bonds is 3. The Hall–Kier alpha value is -1.84. The van der Waals surface area contributed by atoms with Crippen LogP contribution in [0.5, 0.6) is 0 Å². The molecule has 2 rings (SSSR count). The SMILES string of the molecule is CC(=O)NC(N1CCCC[C@H]1c1cccnc1)(C(F)(F)F)C(F)(F)F. The van der Waals surface area contributed by atoms with Crippen molar-refractivity contribution in [2.75, 3.05) is 6.54 Å². The molecule has 0 radical (unpaired) electrons. The van der Waals surface area contributed by atoms with Crippen LogP contribution in [0.4, 0.5) is 26.3 Å². The first kappa shape index (κ1) is 19.5. The van der Waals surface area contributed by atoms with Gasteiger partial charge in [0.2, 0.25) is 5.91 Å². The molecule has 1 aromatic heterocycles. The van der Waals surface area contributed by atoms with Crippen LogP contribution in [0.15, 0.2) is 24.5 Å². The lowest BCUT2D eigenvalue weighted by Gasteiger charge is -2.50. The number of nitrogens with one attached hydrogen (secondary N) is 1. The van der Waals surface area contributed by atoms with Crippen molar-refractivity contribution in [3.63, 3.8) is 0 Å². The lowest BCUT2D eigenvalue weighted by Crippen LogP contribution is -2.76. The van der Waals surface area contributed by atoms with Gasteiger partial charge in [0, 0.05) is 31.9 Å². The fourth-order valence-corrected chi connectivity index (χ4v) is 3.21. The fraction of sp³-hybridized carbons (Fsp3) is 0.600. The summed E-state index contributed by atoms with van der Waals surface area (Å²) in [4.78, 5) is 15.4. The molecule has 1 aromatic rings. The van der Waals surface area contributed by atoms with Crippen LogP contribution in [0.1, 0.15) is 37.8 Å². The van der Waals surface area contributed by atoms with E-state index < -0.39 is 36.5 Å². The van der Waals surface area contributed by atoms with Gasteiger partial charge in [-0.2, -0.15) is 26.3 Å². The van der Waals surface area contributed by atoms with Crippen molar-refractivity contribution < 1.29 is 31.1 Å². The molecule has 1 amide bonds. The molecule has 0 unspecified atom stereocenters. The van der Waals surface area contributed by atoms with Crippen LogP contribution in [0.2, 0.25) is 0 Å². The molecule has 0 saturated carbocycles. The number of hydrogen-bond donors (Lipinski definition) is 1. The first-order chi connectivity index (χ1) is 11.5. The van der Waals surface area contributed by atoms with Gasteiger partial charge in [0.1, 0.15) is 0 Å². The third-order valence-corrected chi connectivity index (χ3v) is 4.18. The van der Waals surface area contributed by atoms with Crippen LogP contribution >= 0.6 is 0 Å². The van der Waals surface area contributed by atoms with Gasteiger partial charge in [-0.1, -0.05) is 12.5 Å². The molecule has 1 aliphatic heterocycles. The lowest BCUT2D eigenvalue weighted by molar-refractivity contribution is -0.357. The Labute approximate surface area is 140 Å². The number of carbonyl (C=O) groups is 1. The first-order valence-electron chi connectivity index (χ1n) is 7.59. The average Bonchev–Trinajstić information content (AvgIpc) is 2.51. The van der Waals surface area contributed by atoms with E-state index in [0.29, 0.717) is 18.2 Å². The molecule has 0 spiro atoms. The summed E-state index contributed by atoms with van der Waals surface area (Å²) in [6.07, 6.45) is -8.16. The number of likely N-dealkylation sites (tertiary alicyclic amines) is 1. The Morgan fingerprint density at radius 3 is 2.32 bits per heavy atom. The first-order valence-corrected chi connectivity index (χ1v) is 7.59. The zero-order valence-electron chi connectivity index (χ0n) is 13.3. The minimum atomic E-state index is -5.76. The monoisotopic (exact) mass is 369 g/mol. The molecule has 140 valence electrons. The summed E-state index contributed by atoms with van der Waals surface area (Å²) in [7, 11) is 0. The van der Waals surface area contributed by atoms with Crippen molar-refractivity contribution in [1.82, 2.24) is 15.2 Å². The van der Waals surface area contributed by atoms with Gasteiger partial charge in [-0.05, 0) is 24.5 Å². The predicted molar refractivity (Wildman–Crippen MR) is 76.2 cm³/mol. The molecule has 0 aromatic carbocycles. The van der Waals surface area contributed by atoms with E-state index in [4.69, 9.17) is 0 Å². The molecule has 2 heterocycles. The summed E-state index contributed by atoms with van der Waals surface area (Å²) in [5, 5.41) is 1.16. The topological polar surface area (TPSA) is 45.2 Å². The number of amides is 1. The average molecular weight is 369 g/mol. The number of alkyl halides is 6. The van der Waals surface area contributed by atoms with Gasteiger partial charge < -0.3 is 5.32 Å². The van der Waals surface area contributed by atoms with Gasteiger partial charge in [-0.15, -0.1) is 0 Å². The number of nitrogens with zero attached hydrogens (tertiary/aromatic N) is 2. The van der Waals surface area contributed by atoms with Gasteiger partial charge in [-0.3, -0.25) is 14.7 Å². The maximum Gasteiger partial charge on any atom is 0.434 e. The Morgan fingerprint density at radius 1 is 1.20 bits per heavy atom. The van der Waals surface area contributed by atoms with Crippen LogP contribution in [0.25, 0.3) is 0 Å². The van der Waals surface area contributed by atoms with Crippen LogP contribution in [0, 0.1) is 0 Å². The highest BCUT2D eigenvalue weighted by molar-refractivity contribution is 5.74. The Bertz CT molecular complexity index is 588. The van der Waals surface area contributed by atoms with Crippen molar-refractivity contribution in [2.24, 2.45) is 0 Å². The second-order valence-electron chi connectivity index (χ2n) is 5.88. The van der Waals surface area contributed by atoms with Crippen molar-refractivity contribution in [3.8, 4) is 0 Å². The highest BCUT2D eigenvalue weighted by atomic mass is 19.4. The third kappa shape index (κ3) is 3.58. The zero-order valence-corrected chi connectivity index (χ0v) is 13.3. The van der Waals surface area contributed by atoms with E-state index in [1.807, 2.05) is 0 Å². The van der Waals surface area contributed by atoms with E-state index in [0.717, 1.165) is 5.32 Å². The maximum atomic E-state index is 13.7. The summed E-state index contributed by atoms with van der Waals surface area (Å²) in [6, 6.07) is 1.71. The molecular weight excluding hydrogens is 352 g/mol. The number of carbonyl (C=O) groups excluding carboxylic acids is 1. The van der Waals surface area contributed by atoms with Crippen molar-refractivity contribution in [1.29, 1.82) is 0 Å². The molecule has 1 aliphatic rings. The molecule has 0 aliphatic carbocycles. The highest BCUT2D eigenvalue weighted by Crippen LogP contribution is 2.50. The number of aromatic nitrogens is 1. The number of piperidine rings is 1. The highest BCUT2D eigenvalue weighted by Gasteiger charge is 2.75.